The van der Waals surface area contributed by atoms with Crippen molar-refractivity contribution in [3.05, 3.63) is 35.7 Å². The highest BCUT2D eigenvalue weighted by Gasteiger charge is 2.12. The molecule has 0 aliphatic heterocycles. The number of rotatable bonds is 4. The number of nitrogens with zero attached hydrogens (tertiary/aromatic N) is 4. The van der Waals surface area contributed by atoms with Crippen molar-refractivity contribution in [1.29, 1.82) is 0 Å². The van der Waals surface area contributed by atoms with Crippen LogP contribution in [0.1, 0.15) is 18.3 Å². The molecule has 0 fully saturated rings. The molecule has 0 aliphatic carbocycles. The topological polar surface area (TPSA) is 52.3 Å². The SMILES string of the molecule is CCc1ccc(-c2nn3c(COC)nnc3s2)cc1. The van der Waals surface area contributed by atoms with Gasteiger partial charge in [-0.1, -0.05) is 42.5 Å². The van der Waals surface area contributed by atoms with Crippen molar-refractivity contribution >= 4 is 16.3 Å². The Hall–Kier alpha value is -1.79. The van der Waals surface area contributed by atoms with E-state index in [1.165, 1.54) is 16.9 Å². The fourth-order valence-corrected chi connectivity index (χ4v) is 2.74. The highest BCUT2D eigenvalue weighted by Crippen LogP contribution is 2.25. The molecular weight excluding hydrogens is 260 g/mol. The normalized spacial score (nSPS) is 11.3. The van der Waals surface area contributed by atoms with Gasteiger partial charge in [-0.05, 0) is 12.0 Å². The standard InChI is InChI=1S/C13H14N4OS/c1-3-9-4-6-10(7-5-9)12-16-17-11(8-18-2)14-15-13(17)19-12/h4-7H,3,8H2,1-2H3. The molecule has 5 nitrogen and oxygen atoms in total. The summed E-state index contributed by atoms with van der Waals surface area (Å²) in [5.74, 6) is 0.727. The number of benzene rings is 1. The molecule has 0 saturated carbocycles. The van der Waals surface area contributed by atoms with E-state index < -0.39 is 0 Å². The highest BCUT2D eigenvalue weighted by molar-refractivity contribution is 7.19. The number of hydrogen-bond donors (Lipinski definition) is 0. The first-order valence-corrected chi connectivity index (χ1v) is 6.93. The fraction of sp³-hybridized carbons (Fsp3) is 0.308. The number of fused-ring (bicyclic) bond motifs is 1. The van der Waals surface area contributed by atoms with Gasteiger partial charge in [0, 0.05) is 12.7 Å². The van der Waals surface area contributed by atoms with E-state index in [1.54, 1.807) is 11.6 Å². The average molecular weight is 274 g/mol. The van der Waals surface area contributed by atoms with E-state index in [0.717, 1.165) is 27.8 Å². The number of methoxy groups -OCH3 is 1. The minimum Gasteiger partial charge on any atom is -0.377 e. The van der Waals surface area contributed by atoms with E-state index in [1.807, 2.05) is 0 Å². The van der Waals surface area contributed by atoms with Gasteiger partial charge in [0.2, 0.25) is 4.96 Å². The van der Waals surface area contributed by atoms with Gasteiger partial charge < -0.3 is 4.74 Å². The Kier molecular flexibility index (Phi) is 3.27. The van der Waals surface area contributed by atoms with Gasteiger partial charge in [-0.15, -0.1) is 10.2 Å². The van der Waals surface area contributed by atoms with Crippen molar-refractivity contribution in [2.75, 3.05) is 7.11 Å². The van der Waals surface area contributed by atoms with Gasteiger partial charge in [0.15, 0.2) is 5.82 Å². The lowest BCUT2D eigenvalue weighted by Crippen LogP contribution is -1.97. The van der Waals surface area contributed by atoms with Gasteiger partial charge in [-0.3, -0.25) is 0 Å². The Morgan fingerprint density at radius 2 is 2.00 bits per heavy atom. The zero-order chi connectivity index (χ0) is 13.2. The number of hydrogen-bond acceptors (Lipinski definition) is 5. The predicted octanol–water partition coefficient (Wildman–Crippen LogP) is 2.56. The monoisotopic (exact) mass is 274 g/mol. The van der Waals surface area contributed by atoms with Crippen LogP contribution in [0, 0.1) is 0 Å². The smallest absolute Gasteiger partial charge is 0.235 e. The summed E-state index contributed by atoms with van der Waals surface area (Å²) in [7, 11) is 1.64. The minimum atomic E-state index is 0.416. The van der Waals surface area contributed by atoms with Gasteiger partial charge in [-0.2, -0.15) is 9.61 Å². The maximum absolute atomic E-state index is 5.08. The first-order valence-electron chi connectivity index (χ1n) is 6.11. The molecule has 0 amide bonds. The Labute approximate surface area is 114 Å². The van der Waals surface area contributed by atoms with E-state index in [9.17, 15) is 0 Å². The third-order valence-corrected chi connectivity index (χ3v) is 3.89. The van der Waals surface area contributed by atoms with Crippen LogP contribution in [0.5, 0.6) is 0 Å². The average Bonchev–Trinajstić information content (AvgIpc) is 3.01. The summed E-state index contributed by atoms with van der Waals surface area (Å²) in [5.41, 5.74) is 2.43. The number of aromatic nitrogens is 4. The molecule has 2 heterocycles. The van der Waals surface area contributed by atoms with Crippen LogP contribution in [0.3, 0.4) is 0 Å². The predicted molar refractivity (Wildman–Crippen MR) is 74.2 cm³/mol. The Morgan fingerprint density at radius 1 is 1.21 bits per heavy atom. The maximum atomic E-state index is 5.08. The van der Waals surface area contributed by atoms with Crippen molar-refractivity contribution in [3.63, 3.8) is 0 Å². The highest BCUT2D eigenvalue weighted by atomic mass is 32.1. The van der Waals surface area contributed by atoms with Crippen LogP contribution < -0.4 is 0 Å². The van der Waals surface area contributed by atoms with Crippen molar-refractivity contribution < 1.29 is 4.74 Å². The molecule has 0 bridgehead atoms. The molecular formula is C13H14N4OS. The molecule has 98 valence electrons. The maximum Gasteiger partial charge on any atom is 0.235 e. The molecule has 2 aromatic heterocycles. The molecule has 0 spiro atoms. The third kappa shape index (κ3) is 2.24. The lowest BCUT2D eigenvalue weighted by atomic mass is 10.1. The molecule has 0 N–H and O–H groups in total. The second-order valence-corrected chi connectivity index (χ2v) is 5.16. The van der Waals surface area contributed by atoms with Crippen LogP contribution in [0.15, 0.2) is 24.3 Å². The third-order valence-electron chi connectivity index (χ3n) is 2.94. The second-order valence-electron chi connectivity index (χ2n) is 4.20. The Balaban J connectivity index is 1.99. The zero-order valence-electron chi connectivity index (χ0n) is 10.8. The fourth-order valence-electron chi connectivity index (χ4n) is 1.88. The second kappa shape index (κ2) is 5.07. The van der Waals surface area contributed by atoms with Crippen LogP contribution in [0.25, 0.3) is 15.5 Å². The summed E-state index contributed by atoms with van der Waals surface area (Å²) >= 11 is 1.53. The van der Waals surface area contributed by atoms with Crippen LogP contribution >= 0.6 is 11.3 Å². The van der Waals surface area contributed by atoms with E-state index in [4.69, 9.17) is 4.74 Å². The lowest BCUT2D eigenvalue weighted by Gasteiger charge is -1.98. The molecule has 0 unspecified atom stereocenters. The van der Waals surface area contributed by atoms with Gasteiger partial charge in [0.25, 0.3) is 0 Å². The van der Waals surface area contributed by atoms with Crippen LogP contribution in [-0.4, -0.2) is 26.9 Å². The van der Waals surface area contributed by atoms with Crippen molar-refractivity contribution in [1.82, 2.24) is 19.8 Å². The van der Waals surface area contributed by atoms with E-state index in [2.05, 4.69) is 46.5 Å². The van der Waals surface area contributed by atoms with E-state index >= 15 is 0 Å². The summed E-state index contributed by atoms with van der Waals surface area (Å²) < 4.78 is 6.83. The molecule has 0 atom stereocenters. The lowest BCUT2D eigenvalue weighted by molar-refractivity contribution is 0.176. The van der Waals surface area contributed by atoms with Gasteiger partial charge in [-0.25, -0.2) is 0 Å². The zero-order valence-corrected chi connectivity index (χ0v) is 11.6. The van der Waals surface area contributed by atoms with Crippen molar-refractivity contribution in [2.24, 2.45) is 0 Å². The van der Waals surface area contributed by atoms with Crippen molar-refractivity contribution in [2.45, 2.75) is 20.0 Å². The largest absolute Gasteiger partial charge is 0.377 e. The summed E-state index contributed by atoms with van der Waals surface area (Å²) in [6.45, 7) is 2.56. The quantitative estimate of drug-likeness (QED) is 0.733. The molecule has 0 radical (unpaired) electrons. The van der Waals surface area contributed by atoms with E-state index in [0.29, 0.717) is 6.61 Å². The molecule has 19 heavy (non-hydrogen) atoms. The first-order chi connectivity index (χ1) is 9.31. The van der Waals surface area contributed by atoms with Crippen LogP contribution in [0.4, 0.5) is 0 Å². The summed E-state index contributed by atoms with van der Waals surface area (Å²) in [6.07, 6.45) is 1.05. The molecule has 3 rings (SSSR count). The Morgan fingerprint density at radius 3 is 2.68 bits per heavy atom. The summed E-state index contributed by atoms with van der Waals surface area (Å²) in [4.78, 5) is 0.793. The van der Waals surface area contributed by atoms with Crippen LogP contribution in [0.2, 0.25) is 0 Å². The molecule has 3 aromatic rings. The van der Waals surface area contributed by atoms with Gasteiger partial charge in [0.05, 0.1) is 0 Å². The summed E-state index contributed by atoms with van der Waals surface area (Å²) in [6, 6.07) is 8.46. The van der Waals surface area contributed by atoms with Crippen molar-refractivity contribution in [3.8, 4) is 10.6 Å². The number of ether oxygens (including phenoxy) is 1. The van der Waals surface area contributed by atoms with Gasteiger partial charge >= 0.3 is 0 Å². The minimum absolute atomic E-state index is 0.416. The molecule has 0 aliphatic rings. The van der Waals surface area contributed by atoms with E-state index in [-0.39, 0.29) is 0 Å². The first kappa shape index (κ1) is 12.3. The molecule has 6 heteroatoms. The van der Waals surface area contributed by atoms with Gasteiger partial charge in [0.1, 0.15) is 11.6 Å². The summed E-state index contributed by atoms with van der Waals surface area (Å²) in [5, 5.41) is 13.6. The number of aryl methyl sites for hydroxylation is 1. The Bertz CT molecular complexity index is 686. The molecule has 0 saturated heterocycles. The molecule has 1 aromatic carbocycles. The van der Waals surface area contributed by atoms with Crippen LogP contribution in [-0.2, 0) is 17.8 Å².